The quantitative estimate of drug-likeness (QED) is 0.515. The van der Waals surface area contributed by atoms with E-state index in [2.05, 4.69) is 63.1 Å². The molecule has 0 aliphatic carbocycles. The van der Waals surface area contributed by atoms with Gasteiger partial charge < -0.3 is 10.6 Å². The number of anilines is 2. The molecule has 0 saturated heterocycles. The maximum absolute atomic E-state index is 12.3. The fraction of sp³-hybridized carbons (Fsp3) is 0. The van der Waals surface area contributed by atoms with E-state index in [0.717, 1.165) is 4.47 Å². The summed E-state index contributed by atoms with van der Waals surface area (Å²) in [6, 6.07) is 9.98. The zero-order valence-electron chi connectivity index (χ0n) is 11.8. The van der Waals surface area contributed by atoms with Crippen LogP contribution in [0.25, 0.3) is 11.4 Å². The zero-order valence-corrected chi connectivity index (χ0v) is 15.8. The highest BCUT2D eigenvalue weighted by Crippen LogP contribution is 2.35. The Labute approximate surface area is 158 Å². The molecule has 0 fully saturated rings. The predicted octanol–water partition coefficient (Wildman–Crippen LogP) is 4.69. The van der Waals surface area contributed by atoms with Gasteiger partial charge in [0.1, 0.15) is 0 Å². The van der Waals surface area contributed by atoms with E-state index in [1.54, 1.807) is 30.3 Å². The number of nitrogens with zero attached hydrogens (tertiary/aromatic N) is 3. The molecule has 24 heavy (non-hydrogen) atoms. The summed E-state index contributed by atoms with van der Waals surface area (Å²) in [6.07, 6.45) is 0. The van der Waals surface area contributed by atoms with Crippen molar-refractivity contribution in [3.05, 3.63) is 50.4 Å². The number of hydrogen-bond acceptors (Lipinski definition) is 4. The van der Waals surface area contributed by atoms with Crippen molar-refractivity contribution in [2.24, 2.45) is 0 Å². The second kappa shape index (κ2) is 7.29. The number of H-pyrrole nitrogens is 1. The van der Waals surface area contributed by atoms with Gasteiger partial charge >= 0.3 is 6.03 Å². The molecule has 2 aromatic carbocycles. The molecule has 0 atom stereocenters. The minimum atomic E-state index is -0.412. The van der Waals surface area contributed by atoms with Crippen molar-refractivity contribution >= 4 is 60.9 Å². The van der Waals surface area contributed by atoms with E-state index in [1.165, 1.54) is 0 Å². The number of rotatable bonds is 3. The van der Waals surface area contributed by atoms with E-state index in [4.69, 9.17) is 11.6 Å². The number of carbonyl (C=O) groups is 1. The molecule has 10 heteroatoms. The largest absolute Gasteiger partial charge is 0.323 e. The van der Waals surface area contributed by atoms with Gasteiger partial charge in [-0.1, -0.05) is 27.5 Å². The van der Waals surface area contributed by atoms with Crippen LogP contribution in [0.2, 0.25) is 5.02 Å². The number of nitrogens with one attached hydrogen (secondary N) is 3. The molecule has 1 aromatic heterocycles. The van der Waals surface area contributed by atoms with Gasteiger partial charge in [-0.05, 0) is 57.5 Å². The van der Waals surface area contributed by atoms with Gasteiger partial charge in [-0.3, -0.25) is 0 Å². The van der Waals surface area contributed by atoms with Gasteiger partial charge in [0.05, 0.1) is 5.69 Å². The molecule has 3 N–H and O–H groups in total. The van der Waals surface area contributed by atoms with Crippen LogP contribution in [0.4, 0.5) is 16.2 Å². The number of aromatic amines is 1. The molecule has 0 unspecified atom stereocenters. The van der Waals surface area contributed by atoms with E-state index in [1.807, 2.05) is 6.07 Å². The first-order chi connectivity index (χ1) is 11.5. The van der Waals surface area contributed by atoms with E-state index < -0.39 is 6.03 Å². The summed E-state index contributed by atoms with van der Waals surface area (Å²) in [4.78, 5) is 12.3. The highest BCUT2D eigenvalue weighted by atomic mass is 79.9. The second-order valence-corrected chi connectivity index (χ2v) is 6.84. The monoisotopic (exact) mass is 470 g/mol. The summed E-state index contributed by atoms with van der Waals surface area (Å²) in [5.41, 5.74) is 1.74. The van der Waals surface area contributed by atoms with E-state index >= 15 is 0 Å². The van der Waals surface area contributed by atoms with Crippen LogP contribution >= 0.6 is 43.5 Å². The predicted molar refractivity (Wildman–Crippen MR) is 99.1 cm³/mol. The molecule has 0 radical (unpaired) electrons. The van der Waals surface area contributed by atoms with Crippen molar-refractivity contribution in [1.29, 1.82) is 0 Å². The number of carbonyl (C=O) groups excluding carboxylic acids is 1. The highest BCUT2D eigenvalue weighted by Gasteiger charge is 2.16. The van der Waals surface area contributed by atoms with Crippen molar-refractivity contribution in [1.82, 2.24) is 20.6 Å². The Morgan fingerprint density at radius 1 is 1.12 bits per heavy atom. The van der Waals surface area contributed by atoms with E-state index in [-0.39, 0.29) is 0 Å². The van der Waals surface area contributed by atoms with Gasteiger partial charge in [0.2, 0.25) is 5.82 Å². The number of hydrogen-bond donors (Lipinski definition) is 3. The lowest BCUT2D eigenvalue weighted by Crippen LogP contribution is -2.20. The standard InChI is InChI=1S/C14H9Br2ClN6O/c15-7-5-10(13-20-22-23-21-13)12(11(16)6-7)19-14(24)18-9-3-1-8(17)2-4-9/h1-6H,(H2,18,19,24)(H,20,21,22,23). The summed E-state index contributed by atoms with van der Waals surface area (Å²) < 4.78 is 1.47. The van der Waals surface area contributed by atoms with Crippen molar-refractivity contribution in [2.45, 2.75) is 0 Å². The fourth-order valence-corrected chi connectivity index (χ4v) is 3.41. The van der Waals surface area contributed by atoms with Crippen LogP contribution in [0.1, 0.15) is 0 Å². The number of amides is 2. The van der Waals surface area contributed by atoms with Gasteiger partial charge in [0.25, 0.3) is 0 Å². The molecule has 0 spiro atoms. The fourth-order valence-electron chi connectivity index (χ4n) is 1.96. The number of halogens is 3. The van der Waals surface area contributed by atoms with E-state index in [0.29, 0.717) is 32.3 Å². The Morgan fingerprint density at radius 2 is 1.88 bits per heavy atom. The molecule has 7 nitrogen and oxygen atoms in total. The van der Waals surface area contributed by atoms with Crippen molar-refractivity contribution in [3.8, 4) is 11.4 Å². The van der Waals surface area contributed by atoms with E-state index in [9.17, 15) is 4.79 Å². The Hall–Kier alpha value is -1.97. The lowest BCUT2D eigenvalue weighted by molar-refractivity contribution is 0.262. The molecule has 3 aromatic rings. The lowest BCUT2D eigenvalue weighted by Gasteiger charge is -2.13. The second-order valence-electron chi connectivity index (χ2n) is 4.63. The minimum Gasteiger partial charge on any atom is -0.308 e. The number of tetrazole rings is 1. The van der Waals surface area contributed by atoms with Crippen LogP contribution in [0.15, 0.2) is 45.3 Å². The van der Waals surface area contributed by atoms with Crippen LogP contribution in [-0.2, 0) is 0 Å². The van der Waals surface area contributed by atoms with Crippen molar-refractivity contribution < 1.29 is 4.79 Å². The number of benzene rings is 2. The van der Waals surface area contributed by atoms with Crippen LogP contribution in [-0.4, -0.2) is 26.7 Å². The lowest BCUT2D eigenvalue weighted by atomic mass is 10.1. The van der Waals surface area contributed by atoms with Gasteiger partial charge in [-0.25, -0.2) is 4.79 Å². The molecule has 1 heterocycles. The normalized spacial score (nSPS) is 10.5. The third-order valence-corrected chi connectivity index (χ3v) is 4.32. The first kappa shape index (κ1) is 16.9. The average molecular weight is 473 g/mol. The summed E-state index contributed by atoms with van der Waals surface area (Å²) in [5, 5.41) is 20.0. The van der Waals surface area contributed by atoms with Crippen molar-refractivity contribution in [3.63, 3.8) is 0 Å². The Morgan fingerprint density at radius 3 is 2.54 bits per heavy atom. The SMILES string of the molecule is O=C(Nc1ccc(Cl)cc1)Nc1c(Br)cc(Br)cc1-c1nn[nH]n1. The zero-order chi connectivity index (χ0) is 17.1. The maximum Gasteiger partial charge on any atom is 0.323 e. The topological polar surface area (TPSA) is 95.6 Å². The number of aromatic nitrogens is 4. The third-order valence-electron chi connectivity index (χ3n) is 2.98. The van der Waals surface area contributed by atoms with Gasteiger partial charge in [0.15, 0.2) is 0 Å². The molecule has 0 aliphatic heterocycles. The molecule has 122 valence electrons. The summed E-state index contributed by atoms with van der Waals surface area (Å²) in [7, 11) is 0. The number of urea groups is 1. The summed E-state index contributed by atoms with van der Waals surface area (Å²) in [5.74, 6) is 0.360. The van der Waals surface area contributed by atoms with Gasteiger partial charge in [-0.2, -0.15) is 5.21 Å². The molecule has 3 rings (SSSR count). The maximum atomic E-state index is 12.3. The Bertz CT molecular complexity index is 870. The Balaban J connectivity index is 1.86. The van der Waals surface area contributed by atoms with Crippen molar-refractivity contribution in [2.75, 3.05) is 10.6 Å². The summed E-state index contributed by atoms with van der Waals surface area (Å²) >= 11 is 12.7. The van der Waals surface area contributed by atoms with Gasteiger partial charge in [-0.15, -0.1) is 10.2 Å². The molecule has 2 amide bonds. The first-order valence-corrected chi connectivity index (χ1v) is 8.56. The first-order valence-electron chi connectivity index (χ1n) is 6.59. The molecule has 0 bridgehead atoms. The summed E-state index contributed by atoms with van der Waals surface area (Å²) in [6.45, 7) is 0. The van der Waals surface area contributed by atoms with Crippen LogP contribution < -0.4 is 10.6 Å². The molecular weight excluding hydrogens is 463 g/mol. The average Bonchev–Trinajstić information content (AvgIpc) is 3.06. The Kier molecular flexibility index (Phi) is 5.12. The molecular formula is C14H9Br2ClN6O. The van der Waals surface area contributed by atoms with Gasteiger partial charge in [0, 0.05) is 25.2 Å². The molecule has 0 saturated carbocycles. The minimum absolute atomic E-state index is 0.360. The third kappa shape index (κ3) is 3.92. The van der Waals surface area contributed by atoms with Crippen LogP contribution in [0, 0.1) is 0 Å². The van der Waals surface area contributed by atoms with Crippen LogP contribution in [0.3, 0.4) is 0 Å². The molecule has 0 aliphatic rings. The highest BCUT2D eigenvalue weighted by molar-refractivity contribution is 9.11. The smallest absolute Gasteiger partial charge is 0.308 e. The van der Waals surface area contributed by atoms with Crippen LogP contribution in [0.5, 0.6) is 0 Å².